The Balaban J connectivity index is 2.34. The monoisotopic (exact) mass is 263 g/mol. The van der Waals surface area contributed by atoms with E-state index in [1.54, 1.807) is 24.3 Å². The topological polar surface area (TPSA) is 63.3 Å². The van der Waals surface area contributed by atoms with Gasteiger partial charge in [-0.3, -0.25) is 4.79 Å². The van der Waals surface area contributed by atoms with Crippen LogP contribution >= 0.6 is 0 Å². The van der Waals surface area contributed by atoms with Crippen LogP contribution in [-0.2, 0) is 0 Å². The van der Waals surface area contributed by atoms with E-state index in [1.807, 2.05) is 24.3 Å². The lowest BCUT2D eigenvalue weighted by Crippen LogP contribution is -2.05. The van der Waals surface area contributed by atoms with Crippen LogP contribution in [0, 0.1) is 0 Å². The third kappa shape index (κ3) is 1.36. The van der Waals surface area contributed by atoms with Gasteiger partial charge in [0.15, 0.2) is 11.3 Å². The predicted molar refractivity (Wildman–Crippen MR) is 76.1 cm³/mol. The number of aromatic nitrogens is 1. The van der Waals surface area contributed by atoms with Crippen LogP contribution in [0.5, 0.6) is 5.75 Å². The van der Waals surface area contributed by atoms with Crippen molar-refractivity contribution in [3.05, 3.63) is 58.8 Å². The Labute approximate surface area is 113 Å². The number of phenolic OH excluding ortho intramolecular Hbond substituents is 1. The highest BCUT2D eigenvalue weighted by Crippen LogP contribution is 2.35. The van der Waals surface area contributed by atoms with Gasteiger partial charge in [0.25, 0.3) is 0 Å². The molecule has 96 valence electrons. The molecule has 0 unspecified atom stereocenters. The molecule has 0 saturated carbocycles. The first-order chi connectivity index (χ1) is 9.75. The maximum Gasteiger partial charge on any atom is 0.232 e. The number of hydrogen-bond acceptors (Lipinski definition) is 4. The van der Waals surface area contributed by atoms with Gasteiger partial charge in [-0.2, -0.15) is 0 Å². The van der Waals surface area contributed by atoms with E-state index < -0.39 is 11.2 Å². The first-order valence-corrected chi connectivity index (χ1v) is 6.19. The molecule has 1 aliphatic carbocycles. The molecule has 0 radical (unpaired) electrons. The van der Waals surface area contributed by atoms with Crippen LogP contribution in [0.15, 0.2) is 57.7 Å². The van der Waals surface area contributed by atoms with Crippen molar-refractivity contribution < 1.29 is 9.52 Å². The van der Waals surface area contributed by atoms with Crippen molar-refractivity contribution in [2.24, 2.45) is 0 Å². The van der Waals surface area contributed by atoms with Crippen molar-refractivity contribution >= 4 is 21.9 Å². The summed E-state index contributed by atoms with van der Waals surface area (Å²) in [7, 11) is 0. The second-order valence-electron chi connectivity index (χ2n) is 4.58. The van der Waals surface area contributed by atoms with Crippen molar-refractivity contribution in [1.82, 2.24) is 4.98 Å². The molecule has 1 heterocycles. The lowest BCUT2D eigenvalue weighted by atomic mass is 10.0. The lowest BCUT2D eigenvalue weighted by molar-refractivity contribution is 0.450. The number of benzene rings is 3. The predicted octanol–water partition coefficient (Wildman–Crippen LogP) is 3.15. The number of para-hydroxylation sites is 2. The van der Waals surface area contributed by atoms with Gasteiger partial charge in [-0.25, -0.2) is 4.98 Å². The average molecular weight is 263 g/mol. The average Bonchev–Trinajstić information content (AvgIpc) is 2.51. The molecule has 2 aromatic carbocycles. The summed E-state index contributed by atoms with van der Waals surface area (Å²) in [4.78, 5) is 16.7. The van der Waals surface area contributed by atoms with E-state index in [0.717, 1.165) is 0 Å². The quantitative estimate of drug-likeness (QED) is 0.391. The molecule has 0 spiro atoms. The number of fused-ring (bicyclic) bond motifs is 4. The third-order valence-electron chi connectivity index (χ3n) is 3.38. The Morgan fingerprint density at radius 3 is 2.50 bits per heavy atom. The molecule has 0 saturated heterocycles. The lowest BCUT2D eigenvalue weighted by Gasteiger charge is -2.10. The minimum atomic E-state index is -0.436. The van der Waals surface area contributed by atoms with Crippen molar-refractivity contribution in [3.63, 3.8) is 0 Å². The van der Waals surface area contributed by atoms with Crippen LogP contribution in [0.4, 0.5) is 0 Å². The second-order valence-corrected chi connectivity index (χ2v) is 4.58. The number of aromatic hydroxyl groups is 1. The first kappa shape index (κ1) is 11.0. The highest BCUT2D eigenvalue weighted by Gasteiger charge is 2.21. The van der Waals surface area contributed by atoms with Crippen LogP contribution in [-0.4, -0.2) is 10.1 Å². The summed E-state index contributed by atoms with van der Waals surface area (Å²) in [5.41, 5.74) is 1.28. The fraction of sp³-hybridized carbons (Fsp3) is 0. The highest BCUT2D eigenvalue weighted by atomic mass is 16.4. The smallest absolute Gasteiger partial charge is 0.232 e. The molecule has 0 aromatic heterocycles. The van der Waals surface area contributed by atoms with Gasteiger partial charge in [0.2, 0.25) is 11.2 Å². The van der Waals surface area contributed by atoms with Crippen molar-refractivity contribution in [2.45, 2.75) is 0 Å². The summed E-state index contributed by atoms with van der Waals surface area (Å²) in [6.45, 7) is 0. The molecular weight excluding hydrogens is 254 g/mol. The number of rotatable bonds is 0. The Morgan fingerprint density at radius 2 is 1.65 bits per heavy atom. The summed E-state index contributed by atoms with van der Waals surface area (Å²) in [6, 6.07) is 14.3. The van der Waals surface area contributed by atoms with Crippen LogP contribution < -0.4 is 5.43 Å². The van der Waals surface area contributed by atoms with Crippen molar-refractivity contribution in [2.75, 3.05) is 0 Å². The Kier molecular flexibility index (Phi) is 2.09. The number of hydrogen-bond donors (Lipinski definition) is 1. The third-order valence-corrected chi connectivity index (χ3v) is 3.38. The van der Waals surface area contributed by atoms with E-state index in [9.17, 15) is 9.90 Å². The molecule has 0 amide bonds. The van der Waals surface area contributed by atoms with E-state index in [2.05, 4.69) is 4.98 Å². The van der Waals surface area contributed by atoms with Crippen LogP contribution in [0.1, 0.15) is 0 Å². The molecule has 2 aromatic rings. The van der Waals surface area contributed by atoms with Gasteiger partial charge in [0.05, 0.1) is 0 Å². The zero-order valence-electron chi connectivity index (χ0n) is 10.3. The van der Waals surface area contributed by atoms with Crippen LogP contribution in [0.2, 0.25) is 0 Å². The molecule has 0 bridgehead atoms. The van der Waals surface area contributed by atoms with Gasteiger partial charge < -0.3 is 9.52 Å². The van der Waals surface area contributed by atoms with E-state index >= 15 is 0 Å². The largest absolute Gasteiger partial charge is 0.501 e. The number of nitrogens with zero attached hydrogens (tertiary/aromatic N) is 1. The van der Waals surface area contributed by atoms with Gasteiger partial charge >= 0.3 is 0 Å². The zero-order chi connectivity index (χ0) is 13.7. The van der Waals surface area contributed by atoms with Crippen LogP contribution in [0.25, 0.3) is 33.3 Å². The molecule has 0 atom stereocenters. The molecule has 4 heteroatoms. The number of phenols is 1. The Hall–Kier alpha value is -2.88. The molecule has 2 aliphatic rings. The van der Waals surface area contributed by atoms with Crippen LogP contribution in [0.3, 0.4) is 0 Å². The maximum atomic E-state index is 12.1. The first-order valence-electron chi connectivity index (χ1n) is 6.19. The molecule has 1 N–H and O–H groups in total. The Morgan fingerprint density at radius 1 is 0.950 bits per heavy atom. The molecule has 1 aliphatic heterocycles. The van der Waals surface area contributed by atoms with Crippen molar-refractivity contribution in [3.8, 4) is 17.2 Å². The minimum absolute atomic E-state index is 0.132. The molecule has 20 heavy (non-hydrogen) atoms. The second kappa shape index (κ2) is 3.81. The Bertz CT molecular complexity index is 988. The SMILES string of the molecule is O=c1c(O)c2oc3ccccc3nc-2c2ccccc12. The van der Waals surface area contributed by atoms with Crippen molar-refractivity contribution in [1.29, 1.82) is 0 Å². The highest BCUT2D eigenvalue weighted by molar-refractivity contribution is 5.98. The van der Waals surface area contributed by atoms with E-state index in [1.165, 1.54) is 0 Å². The summed E-state index contributed by atoms with van der Waals surface area (Å²) in [5.74, 6) is -0.260. The summed E-state index contributed by atoms with van der Waals surface area (Å²) in [5, 5.41) is 11.2. The molecular formula is C16H9NO3. The minimum Gasteiger partial charge on any atom is -0.501 e. The van der Waals surface area contributed by atoms with E-state index in [-0.39, 0.29) is 5.76 Å². The fourth-order valence-corrected chi connectivity index (χ4v) is 2.43. The standard InChI is InChI=1S/C16H9NO3/c18-14-10-6-2-1-5-9(10)13-16(15(14)19)20-12-8-4-3-7-11(12)17-13/h1-8,19H. The van der Waals surface area contributed by atoms with E-state index in [0.29, 0.717) is 27.6 Å². The molecule has 4 rings (SSSR count). The van der Waals surface area contributed by atoms with Gasteiger partial charge in [0, 0.05) is 10.8 Å². The van der Waals surface area contributed by atoms with Gasteiger partial charge in [0.1, 0.15) is 11.2 Å². The molecule has 4 nitrogen and oxygen atoms in total. The molecule has 0 fully saturated rings. The van der Waals surface area contributed by atoms with Gasteiger partial charge in [-0.15, -0.1) is 0 Å². The summed E-state index contributed by atoms with van der Waals surface area (Å²) < 4.78 is 5.65. The zero-order valence-corrected chi connectivity index (χ0v) is 10.3. The van der Waals surface area contributed by atoms with Gasteiger partial charge in [-0.1, -0.05) is 36.4 Å². The van der Waals surface area contributed by atoms with Gasteiger partial charge in [-0.05, 0) is 12.1 Å². The maximum absolute atomic E-state index is 12.1. The summed E-state index contributed by atoms with van der Waals surface area (Å²) >= 11 is 0. The van der Waals surface area contributed by atoms with E-state index in [4.69, 9.17) is 4.42 Å². The fourth-order valence-electron chi connectivity index (χ4n) is 2.43. The summed E-state index contributed by atoms with van der Waals surface area (Å²) in [6.07, 6.45) is 0. The normalized spacial score (nSPS) is 11.4.